The van der Waals surface area contributed by atoms with Crippen molar-refractivity contribution >= 4 is 38.9 Å². The second kappa shape index (κ2) is 7.64. The molecule has 0 spiro atoms. The van der Waals surface area contributed by atoms with E-state index in [1.165, 1.54) is 18.2 Å². The first-order valence-electron chi connectivity index (χ1n) is 7.99. The quantitative estimate of drug-likeness (QED) is 0.753. The minimum atomic E-state index is -4.63. The van der Waals surface area contributed by atoms with Gasteiger partial charge in [0, 0.05) is 6.07 Å². The molecular weight excluding hydrogens is 437 g/mol. The second-order valence-corrected chi connectivity index (χ2v) is 8.36. The molecule has 29 heavy (non-hydrogen) atoms. The molecule has 3 rings (SSSR count). The van der Waals surface area contributed by atoms with Gasteiger partial charge in [0.15, 0.2) is 11.5 Å². The van der Waals surface area contributed by atoms with Gasteiger partial charge in [-0.2, -0.15) is 13.2 Å². The summed E-state index contributed by atoms with van der Waals surface area (Å²) in [5.41, 5.74) is -1.17. The number of sulfonamides is 1. The van der Waals surface area contributed by atoms with Crippen LogP contribution in [0.2, 0.25) is 5.02 Å². The Hall–Kier alpha value is -2.66. The summed E-state index contributed by atoms with van der Waals surface area (Å²) in [7, 11) is -3.90. The molecule has 12 heteroatoms. The number of fused-ring (bicyclic) bond motifs is 1. The van der Waals surface area contributed by atoms with Crippen molar-refractivity contribution in [2.45, 2.75) is 6.18 Å². The molecule has 0 saturated carbocycles. The van der Waals surface area contributed by atoms with Gasteiger partial charge in [-0.3, -0.25) is 9.10 Å². The summed E-state index contributed by atoms with van der Waals surface area (Å²) >= 11 is 5.85. The second-order valence-electron chi connectivity index (χ2n) is 6.05. The van der Waals surface area contributed by atoms with Crippen LogP contribution in [-0.4, -0.2) is 33.9 Å². The van der Waals surface area contributed by atoms with Crippen LogP contribution in [0.3, 0.4) is 0 Å². The number of alkyl halides is 3. The van der Waals surface area contributed by atoms with Gasteiger partial charge in [0.25, 0.3) is 0 Å². The molecule has 0 unspecified atom stereocenters. The number of hydrogen-bond donors (Lipinski definition) is 1. The average molecular weight is 451 g/mol. The predicted octanol–water partition coefficient (Wildman–Crippen LogP) is 3.49. The van der Waals surface area contributed by atoms with Crippen molar-refractivity contribution < 1.29 is 35.9 Å². The lowest BCUT2D eigenvalue weighted by Crippen LogP contribution is -2.37. The molecule has 0 aromatic heterocycles. The number of hydrogen-bond acceptors (Lipinski definition) is 5. The lowest BCUT2D eigenvalue weighted by Gasteiger charge is -2.22. The van der Waals surface area contributed by atoms with Gasteiger partial charge in [0.2, 0.25) is 22.7 Å². The Balaban J connectivity index is 1.84. The van der Waals surface area contributed by atoms with Crippen LogP contribution in [0.15, 0.2) is 36.4 Å². The Bertz CT molecular complexity index is 1060. The zero-order chi connectivity index (χ0) is 21.4. The molecule has 0 radical (unpaired) electrons. The highest BCUT2D eigenvalue weighted by molar-refractivity contribution is 7.92. The zero-order valence-corrected chi connectivity index (χ0v) is 16.4. The smallest absolute Gasteiger partial charge is 0.416 e. The molecule has 0 fully saturated rings. The summed E-state index contributed by atoms with van der Waals surface area (Å²) in [6.07, 6.45) is -3.74. The van der Waals surface area contributed by atoms with E-state index in [4.69, 9.17) is 21.1 Å². The number of carbonyl (C=O) groups excluding carboxylic acids is 1. The van der Waals surface area contributed by atoms with Crippen molar-refractivity contribution in [1.82, 2.24) is 0 Å². The van der Waals surface area contributed by atoms with Crippen molar-refractivity contribution in [3.8, 4) is 11.5 Å². The molecule has 0 saturated heterocycles. The van der Waals surface area contributed by atoms with E-state index >= 15 is 0 Å². The maximum absolute atomic E-state index is 12.9. The number of anilines is 2. The van der Waals surface area contributed by atoms with E-state index in [2.05, 4.69) is 5.32 Å². The zero-order valence-electron chi connectivity index (χ0n) is 14.8. The highest BCUT2D eigenvalue weighted by Crippen LogP contribution is 2.36. The maximum atomic E-state index is 12.9. The van der Waals surface area contributed by atoms with E-state index in [0.29, 0.717) is 17.6 Å². The Labute approximate surface area is 169 Å². The van der Waals surface area contributed by atoms with E-state index in [-0.39, 0.29) is 23.2 Å². The lowest BCUT2D eigenvalue weighted by molar-refractivity contribution is -0.137. The number of benzene rings is 2. The average Bonchev–Trinajstić information content (AvgIpc) is 3.07. The third-order valence-electron chi connectivity index (χ3n) is 3.90. The third kappa shape index (κ3) is 4.85. The first-order chi connectivity index (χ1) is 13.4. The normalized spacial score (nSPS) is 13.3. The summed E-state index contributed by atoms with van der Waals surface area (Å²) < 4.78 is 74.1. The highest BCUT2D eigenvalue weighted by atomic mass is 35.5. The molecule has 0 atom stereocenters. The molecule has 0 aliphatic carbocycles. The number of rotatable bonds is 5. The lowest BCUT2D eigenvalue weighted by atomic mass is 10.2. The predicted molar refractivity (Wildman–Crippen MR) is 99.8 cm³/mol. The van der Waals surface area contributed by atoms with Crippen molar-refractivity contribution in [1.29, 1.82) is 0 Å². The van der Waals surface area contributed by atoms with Crippen molar-refractivity contribution in [3.05, 3.63) is 47.0 Å². The standard InChI is InChI=1S/C17H14ClF3N2O5S/c1-29(25,26)23(11-3-5-14-15(7-11)28-9-27-14)8-16(24)22-13-6-10(17(19,20)21)2-4-12(13)18/h2-7H,8-9H2,1H3,(H,22,24). The number of ether oxygens (including phenoxy) is 2. The number of amides is 1. The number of carbonyl (C=O) groups is 1. The van der Waals surface area contributed by atoms with E-state index in [1.54, 1.807) is 0 Å². The Morgan fingerprint density at radius 3 is 2.52 bits per heavy atom. The van der Waals surface area contributed by atoms with Crippen LogP contribution >= 0.6 is 11.6 Å². The van der Waals surface area contributed by atoms with E-state index in [9.17, 15) is 26.4 Å². The highest BCUT2D eigenvalue weighted by Gasteiger charge is 2.31. The first-order valence-corrected chi connectivity index (χ1v) is 10.2. The molecule has 1 aliphatic rings. The van der Waals surface area contributed by atoms with Crippen molar-refractivity contribution in [3.63, 3.8) is 0 Å². The fourth-order valence-corrected chi connectivity index (χ4v) is 3.57. The summed E-state index contributed by atoms with van der Waals surface area (Å²) in [4.78, 5) is 12.4. The van der Waals surface area contributed by atoms with Crippen LogP contribution in [0.1, 0.15) is 5.56 Å². The molecule has 2 aromatic carbocycles. The van der Waals surface area contributed by atoms with Gasteiger partial charge in [-0.1, -0.05) is 11.6 Å². The fraction of sp³-hybridized carbons (Fsp3) is 0.235. The van der Waals surface area contributed by atoms with Crippen LogP contribution in [-0.2, 0) is 21.0 Å². The largest absolute Gasteiger partial charge is 0.454 e. The number of halogens is 4. The van der Waals surface area contributed by atoms with Crippen LogP contribution in [0.4, 0.5) is 24.5 Å². The van der Waals surface area contributed by atoms with E-state index < -0.39 is 34.2 Å². The third-order valence-corrected chi connectivity index (χ3v) is 5.37. The number of nitrogens with zero attached hydrogens (tertiary/aromatic N) is 1. The fourth-order valence-electron chi connectivity index (χ4n) is 2.56. The van der Waals surface area contributed by atoms with E-state index in [1.807, 2.05) is 0 Å². The topological polar surface area (TPSA) is 84.9 Å². The minimum Gasteiger partial charge on any atom is -0.454 e. The maximum Gasteiger partial charge on any atom is 0.416 e. The first kappa shape index (κ1) is 21.1. The number of nitrogens with one attached hydrogen (secondary N) is 1. The molecule has 1 aliphatic heterocycles. The molecule has 1 N–H and O–H groups in total. The molecule has 2 aromatic rings. The molecule has 1 amide bonds. The van der Waals surface area contributed by atoms with Gasteiger partial charge < -0.3 is 14.8 Å². The van der Waals surface area contributed by atoms with Gasteiger partial charge in [-0.25, -0.2) is 8.42 Å². The molecule has 7 nitrogen and oxygen atoms in total. The van der Waals surface area contributed by atoms with Crippen LogP contribution in [0.25, 0.3) is 0 Å². The van der Waals surface area contributed by atoms with Gasteiger partial charge in [0.1, 0.15) is 6.54 Å². The van der Waals surface area contributed by atoms with Gasteiger partial charge in [0.05, 0.1) is 28.2 Å². The van der Waals surface area contributed by atoms with Crippen molar-refractivity contribution in [2.24, 2.45) is 0 Å². The minimum absolute atomic E-state index is 0.0216. The summed E-state index contributed by atoms with van der Waals surface area (Å²) in [5, 5.41) is 2.09. The van der Waals surface area contributed by atoms with Gasteiger partial charge in [-0.15, -0.1) is 0 Å². The SMILES string of the molecule is CS(=O)(=O)N(CC(=O)Nc1cc(C(F)(F)F)ccc1Cl)c1ccc2c(c1)OCO2. The Morgan fingerprint density at radius 1 is 1.17 bits per heavy atom. The summed E-state index contributed by atoms with van der Waals surface area (Å²) in [6, 6.07) is 6.72. The van der Waals surface area contributed by atoms with Gasteiger partial charge in [-0.05, 0) is 30.3 Å². The van der Waals surface area contributed by atoms with Gasteiger partial charge >= 0.3 is 6.18 Å². The van der Waals surface area contributed by atoms with Crippen molar-refractivity contribution in [2.75, 3.05) is 29.2 Å². The van der Waals surface area contributed by atoms with Crippen LogP contribution < -0.4 is 19.1 Å². The molecule has 1 heterocycles. The Kier molecular flexibility index (Phi) is 5.54. The summed E-state index contributed by atoms with van der Waals surface area (Å²) in [6.45, 7) is -0.711. The molecule has 156 valence electrons. The van der Waals surface area contributed by atoms with Crippen LogP contribution in [0.5, 0.6) is 11.5 Å². The Morgan fingerprint density at radius 2 is 1.86 bits per heavy atom. The summed E-state index contributed by atoms with van der Waals surface area (Å²) in [5.74, 6) is -0.158. The molecule has 0 bridgehead atoms. The van der Waals surface area contributed by atoms with E-state index in [0.717, 1.165) is 22.7 Å². The monoisotopic (exact) mass is 450 g/mol. The molecular formula is C17H14ClF3N2O5S. The van der Waals surface area contributed by atoms with Crippen LogP contribution in [0, 0.1) is 0 Å².